The minimum Gasteiger partial charge on any atom is -0.365 e. The van der Waals surface area contributed by atoms with E-state index in [2.05, 4.69) is 0 Å². The summed E-state index contributed by atoms with van der Waals surface area (Å²) in [6.07, 6.45) is 1.10. The molecule has 0 saturated heterocycles. The predicted octanol–water partition coefficient (Wildman–Crippen LogP) is 0.305. The van der Waals surface area contributed by atoms with Crippen molar-refractivity contribution in [3.05, 3.63) is 61.9 Å². The lowest BCUT2D eigenvalue weighted by molar-refractivity contribution is -0.118. The number of carbonyl (C=O) groups is 2. The fourth-order valence-corrected chi connectivity index (χ4v) is 2.52. The van der Waals surface area contributed by atoms with E-state index in [1.54, 1.807) is 7.05 Å². The van der Waals surface area contributed by atoms with E-state index in [0.717, 1.165) is 27.6 Å². The number of nitrogens with one attached hydrogen (secondary N) is 1. The van der Waals surface area contributed by atoms with Crippen LogP contribution in [-0.4, -0.2) is 28.4 Å². The molecule has 1 heterocycles. The van der Waals surface area contributed by atoms with Crippen molar-refractivity contribution >= 4 is 17.5 Å². The molecule has 8 nitrogen and oxygen atoms in total. The van der Waals surface area contributed by atoms with E-state index in [4.69, 9.17) is 5.73 Å². The van der Waals surface area contributed by atoms with Gasteiger partial charge in [-0.1, -0.05) is 6.07 Å². The fourth-order valence-electron chi connectivity index (χ4n) is 2.52. The lowest BCUT2D eigenvalue weighted by atomic mass is 10.1. The van der Waals surface area contributed by atoms with Gasteiger partial charge in [0.25, 0.3) is 11.5 Å². The van der Waals surface area contributed by atoms with Crippen molar-refractivity contribution in [2.75, 3.05) is 11.9 Å². The molecule has 0 bridgehead atoms. The topological polar surface area (TPSA) is 118 Å². The quantitative estimate of drug-likeness (QED) is 0.811. The Kier molecular flexibility index (Phi) is 5.21. The summed E-state index contributed by atoms with van der Waals surface area (Å²) >= 11 is 0. The molecule has 0 spiro atoms. The van der Waals surface area contributed by atoms with E-state index < -0.39 is 17.2 Å². The van der Waals surface area contributed by atoms with Crippen molar-refractivity contribution in [3.8, 4) is 0 Å². The van der Waals surface area contributed by atoms with E-state index in [1.807, 2.05) is 37.0 Å². The number of nitrogens with two attached hydrogens (primary N) is 1. The first-order valence-electron chi connectivity index (χ1n) is 7.67. The maximum atomic E-state index is 12.4. The summed E-state index contributed by atoms with van der Waals surface area (Å²) in [4.78, 5) is 50.4. The molecule has 3 N–H and O–H groups in total. The number of aromatic nitrogens is 2. The van der Waals surface area contributed by atoms with Gasteiger partial charge in [0, 0.05) is 31.9 Å². The van der Waals surface area contributed by atoms with Gasteiger partial charge in [0.1, 0.15) is 5.56 Å². The van der Waals surface area contributed by atoms with Crippen LogP contribution in [-0.2, 0) is 11.3 Å². The summed E-state index contributed by atoms with van der Waals surface area (Å²) in [6.45, 7) is 3.91. The van der Waals surface area contributed by atoms with Gasteiger partial charge in [-0.2, -0.15) is 0 Å². The lowest BCUT2D eigenvalue weighted by Gasteiger charge is -2.19. The van der Waals surface area contributed by atoms with E-state index in [0.29, 0.717) is 0 Å². The van der Waals surface area contributed by atoms with Gasteiger partial charge in [-0.3, -0.25) is 23.9 Å². The van der Waals surface area contributed by atoms with Gasteiger partial charge >= 0.3 is 5.69 Å². The number of anilines is 1. The van der Waals surface area contributed by atoms with E-state index in [9.17, 15) is 19.2 Å². The number of rotatable bonds is 5. The molecular formula is C17H20N4O4. The standard InChI is InChI=1S/C17H20N4O4/c1-10-6-11(2)8-12(7-10)20(3)14(22)4-5-21-9-13(15(18)23)16(24)19-17(21)25/h6-9H,4-5H2,1-3H3,(H2,18,23)(H,19,24,25). The average molecular weight is 344 g/mol. The molecule has 2 aromatic rings. The fraction of sp³-hybridized carbons (Fsp3) is 0.294. The van der Waals surface area contributed by atoms with Crippen molar-refractivity contribution in [2.24, 2.45) is 5.73 Å². The summed E-state index contributed by atoms with van der Waals surface area (Å²) in [5.74, 6) is -1.14. The smallest absolute Gasteiger partial charge is 0.328 e. The molecule has 0 unspecified atom stereocenters. The number of benzene rings is 1. The molecule has 0 aliphatic rings. The van der Waals surface area contributed by atoms with E-state index in [-0.39, 0.29) is 24.4 Å². The first-order chi connectivity index (χ1) is 11.7. The maximum absolute atomic E-state index is 12.4. The van der Waals surface area contributed by atoms with Crippen LogP contribution in [0.15, 0.2) is 34.0 Å². The molecule has 1 aromatic carbocycles. The Morgan fingerprint density at radius 3 is 2.32 bits per heavy atom. The molecule has 8 heteroatoms. The highest BCUT2D eigenvalue weighted by Crippen LogP contribution is 2.18. The second-order valence-electron chi connectivity index (χ2n) is 5.91. The number of carbonyl (C=O) groups excluding carboxylic acids is 2. The van der Waals surface area contributed by atoms with Crippen LogP contribution < -0.4 is 21.9 Å². The third kappa shape index (κ3) is 4.23. The second-order valence-corrected chi connectivity index (χ2v) is 5.91. The molecule has 0 radical (unpaired) electrons. The molecule has 2 rings (SSSR count). The Balaban J connectivity index is 2.17. The highest BCUT2D eigenvalue weighted by molar-refractivity contribution is 5.93. The Bertz CT molecular complexity index is 922. The summed E-state index contributed by atoms with van der Waals surface area (Å²) in [7, 11) is 1.65. The van der Waals surface area contributed by atoms with Gasteiger partial charge in [0.2, 0.25) is 5.91 Å². The van der Waals surface area contributed by atoms with Crippen LogP contribution in [0.1, 0.15) is 27.9 Å². The van der Waals surface area contributed by atoms with Crippen molar-refractivity contribution in [1.29, 1.82) is 0 Å². The van der Waals surface area contributed by atoms with E-state index >= 15 is 0 Å². The molecule has 2 amide bonds. The summed E-state index contributed by atoms with van der Waals surface area (Å²) in [6, 6.07) is 5.79. The van der Waals surface area contributed by atoms with Gasteiger partial charge in [0.05, 0.1) is 0 Å². The zero-order chi connectivity index (χ0) is 18.7. The molecule has 1 aromatic heterocycles. The highest BCUT2D eigenvalue weighted by atomic mass is 16.2. The highest BCUT2D eigenvalue weighted by Gasteiger charge is 2.14. The van der Waals surface area contributed by atoms with Crippen LogP contribution in [0.3, 0.4) is 0 Å². The monoisotopic (exact) mass is 344 g/mol. The second kappa shape index (κ2) is 7.16. The van der Waals surface area contributed by atoms with Crippen LogP contribution >= 0.6 is 0 Å². The molecule has 0 aliphatic carbocycles. The Morgan fingerprint density at radius 2 is 1.76 bits per heavy atom. The number of aromatic amines is 1. The Labute approximate surface area is 143 Å². The minimum atomic E-state index is -0.936. The van der Waals surface area contributed by atoms with Crippen LogP contribution in [0.25, 0.3) is 0 Å². The zero-order valence-corrected chi connectivity index (χ0v) is 14.3. The average Bonchev–Trinajstić information content (AvgIpc) is 2.51. The predicted molar refractivity (Wildman–Crippen MR) is 93.8 cm³/mol. The van der Waals surface area contributed by atoms with Gasteiger partial charge in [-0.25, -0.2) is 4.79 Å². The number of aryl methyl sites for hydroxylation is 3. The largest absolute Gasteiger partial charge is 0.365 e. The third-order valence-electron chi connectivity index (χ3n) is 3.81. The first-order valence-corrected chi connectivity index (χ1v) is 7.67. The zero-order valence-electron chi connectivity index (χ0n) is 14.3. The number of amides is 2. The SMILES string of the molecule is Cc1cc(C)cc(N(C)C(=O)CCn2cc(C(N)=O)c(=O)[nH]c2=O)c1. The molecule has 132 valence electrons. The van der Waals surface area contributed by atoms with Crippen LogP contribution in [0, 0.1) is 13.8 Å². The van der Waals surface area contributed by atoms with Gasteiger partial charge in [-0.05, 0) is 37.1 Å². The Morgan fingerprint density at radius 1 is 1.16 bits per heavy atom. The maximum Gasteiger partial charge on any atom is 0.328 e. The number of nitrogens with zero attached hydrogens (tertiary/aromatic N) is 2. The molecule has 0 fully saturated rings. The van der Waals surface area contributed by atoms with Gasteiger partial charge in [-0.15, -0.1) is 0 Å². The number of hydrogen-bond donors (Lipinski definition) is 2. The summed E-state index contributed by atoms with van der Waals surface area (Å²) in [5.41, 5.74) is 6.07. The van der Waals surface area contributed by atoms with Gasteiger partial charge in [0.15, 0.2) is 0 Å². The summed E-state index contributed by atoms with van der Waals surface area (Å²) < 4.78 is 1.09. The minimum absolute atomic E-state index is 0.0177. The molecular weight excluding hydrogens is 324 g/mol. The molecule has 0 aliphatic heterocycles. The number of primary amides is 1. The molecule has 0 saturated carbocycles. The Hall–Kier alpha value is -3.16. The van der Waals surface area contributed by atoms with Crippen LogP contribution in [0.2, 0.25) is 0 Å². The van der Waals surface area contributed by atoms with Crippen LogP contribution in [0.4, 0.5) is 5.69 Å². The summed E-state index contributed by atoms with van der Waals surface area (Å²) in [5, 5.41) is 0. The van der Waals surface area contributed by atoms with Gasteiger partial charge < -0.3 is 10.6 Å². The first kappa shape index (κ1) is 18.2. The number of hydrogen-bond acceptors (Lipinski definition) is 4. The molecule has 0 atom stereocenters. The van der Waals surface area contributed by atoms with Crippen molar-refractivity contribution in [3.63, 3.8) is 0 Å². The normalized spacial score (nSPS) is 10.5. The van der Waals surface area contributed by atoms with Crippen molar-refractivity contribution < 1.29 is 9.59 Å². The van der Waals surface area contributed by atoms with Crippen molar-refractivity contribution in [1.82, 2.24) is 9.55 Å². The third-order valence-corrected chi connectivity index (χ3v) is 3.81. The van der Waals surface area contributed by atoms with Crippen LogP contribution in [0.5, 0.6) is 0 Å². The van der Waals surface area contributed by atoms with E-state index in [1.165, 1.54) is 4.90 Å². The lowest BCUT2D eigenvalue weighted by Crippen LogP contribution is -2.36. The van der Waals surface area contributed by atoms with Crippen molar-refractivity contribution in [2.45, 2.75) is 26.8 Å². The number of H-pyrrole nitrogens is 1. The molecule has 25 heavy (non-hydrogen) atoms.